The molecule has 0 saturated carbocycles. The highest BCUT2D eigenvalue weighted by molar-refractivity contribution is 7.98. The fourth-order valence-electron chi connectivity index (χ4n) is 2.35. The molecule has 2 aromatic carbocycles. The number of thioether (sulfide) groups is 1. The SMILES string of the molecule is Nc1ccc(C(=O)N2CCSCc3ccccc32)cc1. The molecule has 0 saturated heterocycles. The van der Waals surface area contributed by atoms with Gasteiger partial charge in [-0.1, -0.05) is 18.2 Å². The van der Waals surface area contributed by atoms with Gasteiger partial charge in [-0.15, -0.1) is 0 Å². The largest absolute Gasteiger partial charge is 0.399 e. The Morgan fingerprint density at radius 2 is 1.85 bits per heavy atom. The number of anilines is 2. The van der Waals surface area contributed by atoms with Crippen molar-refractivity contribution in [3.8, 4) is 0 Å². The van der Waals surface area contributed by atoms with Crippen LogP contribution in [0.3, 0.4) is 0 Å². The number of carbonyl (C=O) groups excluding carboxylic acids is 1. The number of rotatable bonds is 1. The number of benzene rings is 2. The van der Waals surface area contributed by atoms with Crippen molar-refractivity contribution in [1.29, 1.82) is 0 Å². The molecule has 2 aromatic rings. The highest BCUT2D eigenvalue weighted by atomic mass is 32.2. The molecule has 0 fully saturated rings. The van der Waals surface area contributed by atoms with Gasteiger partial charge in [0.25, 0.3) is 5.91 Å². The molecule has 1 aliphatic heterocycles. The molecular formula is C16H16N2OS. The van der Waals surface area contributed by atoms with Crippen LogP contribution in [0.15, 0.2) is 48.5 Å². The van der Waals surface area contributed by atoms with E-state index < -0.39 is 0 Å². The highest BCUT2D eigenvalue weighted by Crippen LogP contribution is 2.29. The smallest absolute Gasteiger partial charge is 0.258 e. The number of nitrogens with zero attached hydrogens (tertiary/aromatic N) is 1. The van der Waals surface area contributed by atoms with Crippen molar-refractivity contribution in [3.63, 3.8) is 0 Å². The van der Waals surface area contributed by atoms with Gasteiger partial charge in [0.15, 0.2) is 0 Å². The van der Waals surface area contributed by atoms with E-state index in [0.717, 1.165) is 23.7 Å². The number of amides is 1. The van der Waals surface area contributed by atoms with E-state index >= 15 is 0 Å². The lowest BCUT2D eigenvalue weighted by Gasteiger charge is -2.22. The maximum Gasteiger partial charge on any atom is 0.258 e. The summed E-state index contributed by atoms with van der Waals surface area (Å²) in [5.41, 5.74) is 9.28. The minimum absolute atomic E-state index is 0.0416. The number of nitrogens with two attached hydrogens (primary N) is 1. The molecule has 20 heavy (non-hydrogen) atoms. The van der Waals surface area contributed by atoms with Gasteiger partial charge >= 0.3 is 0 Å². The summed E-state index contributed by atoms with van der Waals surface area (Å²) >= 11 is 1.86. The van der Waals surface area contributed by atoms with E-state index in [1.54, 1.807) is 24.3 Å². The van der Waals surface area contributed by atoms with E-state index in [1.807, 2.05) is 34.9 Å². The Balaban J connectivity index is 1.97. The van der Waals surface area contributed by atoms with Crippen molar-refractivity contribution in [2.24, 2.45) is 0 Å². The molecule has 0 bridgehead atoms. The zero-order chi connectivity index (χ0) is 13.9. The summed E-state index contributed by atoms with van der Waals surface area (Å²) in [6, 6.07) is 15.2. The lowest BCUT2D eigenvalue weighted by atomic mass is 10.1. The van der Waals surface area contributed by atoms with Crippen LogP contribution < -0.4 is 10.6 Å². The number of hydrogen-bond acceptors (Lipinski definition) is 3. The van der Waals surface area contributed by atoms with Crippen LogP contribution in [0.1, 0.15) is 15.9 Å². The Hall–Kier alpha value is -1.94. The topological polar surface area (TPSA) is 46.3 Å². The van der Waals surface area contributed by atoms with Crippen LogP contribution >= 0.6 is 11.8 Å². The van der Waals surface area contributed by atoms with Crippen LogP contribution in [-0.2, 0) is 5.75 Å². The highest BCUT2D eigenvalue weighted by Gasteiger charge is 2.21. The predicted molar refractivity (Wildman–Crippen MR) is 85.1 cm³/mol. The lowest BCUT2D eigenvalue weighted by molar-refractivity contribution is 0.0988. The third-order valence-corrected chi connectivity index (χ3v) is 4.39. The molecule has 0 aliphatic carbocycles. The number of para-hydroxylation sites is 1. The fourth-order valence-corrected chi connectivity index (χ4v) is 3.27. The van der Waals surface area contributed by atoms with Crippen molar-refractivity contribution < 1.29 is 4.79 Å². The first kappa shape index (κ1) is 13.1. The van der Waals surface area contributed by atoms with Gasteiger partial charge in [0.05, 0.1) is 0 Å². The molecule has 1 aliphatic rings. The summed E-state index contributed by atoms with van der Waals surface area (Å²) in [5, 5.41) is 0. The minimum Gasteiger partial charge on any atom is -0.399 e. The quantitative estimate of drug-likeness (QED) is 0.818. The number of fused-ring (bicyclic) bond motifs is 1. The third-order valence-electron chi connectivity index (χ3n) is 3.40. The van der Waals surface area contributed by atoms with Gasteiger partial charge in [-0.2, -0.15) is 11.8 Å². The van der Waals surface area contributed by atoms with Crippen LogP contribution in [0.4, 0.5) is 11.4 Å². The van der Waals surface area contributed by atoms with Gasteiger partial charge in [0, 0.05) is 35.0 Å². The Morgan fingerprint density at radius 1 is 1.10 bits per heavy atom. The molecule has 3 nitrogen and oxygen atoms in total. The monoisotopic (exact) mass is 284 g/mol. The maximum absolute atomic E-state index is 12.7. The molecule has 0 aromatic heterocycles. The van der Waals surface area contributed by atoms with Crippen molar-refractivity contribution in [2.75, 3.05) is 22.9 Å². The van der Waals surface area contributed by atoms with E-state index in [0.29, 0.717) is 11.3 Å². The zero-order valence-electron chi connectivity index (χ0n) is 11.1. The molecule has 0 radical (unpaired) electrons. The van der Waals surface area contributed by atoms with E-state index in [4.69, 9.17) is 5.73 Å². The maximum atomic E-state index is 12.7. The molecule has 1 heterocycles. The second-order valence-corrected chi connectivity index (χ2v) is 5.87. The van der Waals surface area contributed by atoms with Gasteiger partial charge in [0.2, 0.25) is 0 Å². The minimum atomic E-state index is 0.0416. The molecule has 0 atom stereocenters. The van der Waals surface area contributed by atoms with Crippen molar-refractivity contribution in [3.05, 3.63) is 59.7 Å². The first-order valence-corrected chi connectivity index (χ1v) is 7.74. The Bertz CT molecular complexity index is 625. The van der Waals surface area contributed by atoms with Crippen molar-refractivity contribution in [1.82, 2.24) is 0 Å². The van der Waals surface area contributed by atoms with E-state index in [2.05, 4.69) is 6.07 Å². The fraction of sp³-hybridized carbons (Fsp3) is 0.188. The Kier molecular flexibility index (Phi) is 3.65. The average molecular weight is 284 g/mol. The summed E-state index contributed by atoms with van der Waals surface area (Å²) < 4.78 is 0. The number of hydrogen-bond donors (Lipinski definition) is 1. The van der Waals surface area contributed by atoms with Crippen LogP contribution in [0, 0.1) is 0 Å². The van der Waals surface area contributed by atoms with Crippen molar-refractivity contribution >= 4 is 29.0 Å². The molecule has 0 unspecified atom stereocenters. The van der Waals surface area contributed by atoms with E-state index in [1.165, 1.54) is 5.56 Å². The first-order chi connectivity index (χ1) is 9.75. The summed E-state index contributed by atoms with van der Waals surface area (Å²) in [6.45, 7) is 0.741. The third kappa shape index (κ3) is 2.51. The average Bonchev–Trinajstić information content (AvgIpc) is 2.69. The molecule has 4 heteroatoms. The molecule has 3 rings (SSSR count). The van der Waals surface area contributed by atoms with Crippen LogP contribution in [0.2, 0.25) is 0 Å². The number of nitrogen functional groups attached to an aromatic ring is 1. The van der Waals surface area contributed by atoms with Gasteiger partial charge in [-0.3, -0.25) is 4.79 Å². The molecule has 1 amide bonds. The summed E-state index contributed by atoms with van der Waals surface area (Å²) in [6.07, 6.45) is 0. The van der Waals surface area contributed by atoms with Gasteiger partial charge < -0.3 is 10.6 Å². The molecule has 102 valence electrons. The van der Waals surface area contributed by atoms with Crippen LogP contribution in [-0.4, -0.2) is 18.2 Å². The Labute approximate surface area is 122 Å². The van der Waals surface area contributed by atoms with Crippen molar-refractivity contribution in [2.45, 2.75) is 5.75 Å². The summed E-state index contributed by atoms with van der Waals surface area (Å²) in [5.74, 6) is 1.96. The summed E-state index contributed by atoms with van der Waals surface area (Å²) in [7, 11) is 0. The second kappa shape index (κ2) is 5.59. The van der Waals surface area contributed by atoms with Crippen LogP contribution in [0.5, 0.6) is 0 Å². The van der Waals surface area contributed by atoms with Gasteiger partial charge in [-0.05, 0) is 35.9 Å². The van der Waals surface area contributed by atoms with E-state index in [9.17, 15) is 4.79 Å². The first-order valence-electron chi connectivity index (χ1n) is 6.59. The van der Waals surface area contributed by atoms with E-state index in [-0.39, 0.29) is 5.91 Å². The predicted octanol–water partition coefficient (Wildman–Crippen LogP) is 3.16. The van der Waals surface area contributed by atoms with Gasteiger partial charge in [-0.25, -0.2) is 0 Å². The normalized spacial score (nSPS) is 14.5. The van der Waals surface area contributed by atoms with Gasteiger partial charge in [0.1, 0.15) is 0 Å². The molecule has 2 N–H and O–H groups in total. The second-order valence-electron chi connectivity index (χ2n) is 4.76. The lowest BCUT2D eigenvalue weighted by Crippen LogP contribution is -2.32. The number of carbonyl (C=O) groups is 1. The van der Waals surface area contributed by atoms with Crippen LogP contribution in [0.25, 0.3) is 0 Å². The summed E-state index contributed by atoms with van der Waals surface area (Å²) in [4.78, 5) is 14.6. The Morgan fingerprint density at radius 3 is 2.65 bits per heavy atom. The zero-order valence-corrected chi connectivity index (χ0v) is 11.9. The molecule has 0 spiro atoms. The standard InChI is InChI=1S/C16H16N2OS/c17-14-7-5-12(6-8-14)16(19)18-9-10-20-11-13-3-1-2-4-15(13)18/h1-8H,9-11,17H2. The molecular weight excluding hydrogens is 268 g/mol.